The molecule has 4 nitrogen and oxygen atoms in total. The summed E-state index contributed by atoms with van der Waals surface area (Å²) in [5.41, 5.74) is 3.09. The van der Waals surface area contributed by atoms with E-state index in [1.165, 1.54) is 12.1 Å². The standard InChI is InChI=1S/C21H28F2N4/c1-14-6-8-17(11-20(14)23)15(2)26-21(24-3)25-12-16-7-9-19(22)18(10-16)13-27(4)5/h6-11,15H,12-13H2,1-5H3,(H2,24,25,26). The maximum Gasteiger partial charge on any atom is 0.191 e. The van der Waals surface area contributed by atoms with E-state index in [0.29, 0.717) is 30.2 Å². The molecule has 0 radical (unpaired) electrons. The van der Waals surface area contributed by atoms with Gasteiger partial charge >= 0.3 is 0 Å². The van der Waals surface area contributed by atoms with Crippen molar-refractivity contribution in [3.05, 3.63) is 70.3 Å². The molecule has 0 aliphatic heterocycles. The monoisotopic (exact) mass is 374 g/mol. The first-order valence-corrected chi connectivity index (χ1v) is 8.95. The molecule has 1 unspecified atom stereocenters. The summed E-state index contributed by atoms with van der Waals surface area (Å²) in [6.45, 7) is 4.74. The third-order valence-corrected chi connectivity index (χ3v) is 4.33. The lowest BCUT2D eigenvalue weighted by atomic mass is 10.1. The minimum absolute atomic E-state index is 0.108. The number of nitrogens with one attached hydrogen (secondary N) is 2. The number of hydrogen-bond acceptors (Lipinski definition) is 2. The van der Waals surface area contributed by atoms with Crippen LogP contribution in [0.3, 0.4) is 0 Å². The highest BCUT2D eigenvalue weighted by molar-refractivity contribution is 5.80. The molecule has 2 aromatic carbocycles. The van der Waals surface area contributed by atoms with Gasteiger partial charge < -0.3 is 15.5 Å². The van der Waals surface area contributed by atoms with Gasteiger partial charge in [-0.25, -0.2) is 8.78 Å². The Kier molecular flexibility index (Phi) is 7.30. The van der Waals surface area contributed by atoms with Crippen LogP contribution in [-0.2, 0) is 13.1 Å². The van der Waals surface area contributed by atoms with Crippen LogP contribution in [0.5, 0.6) is 0 Å². The van der Waals surface area contributed by atoms with Crippen molar-refractivity contribution in [2.45, 2.75) is 33.0 Å². The smallest absolute Gasteiger partial charge is 0.191 e. The summed E-state index contributed by atoms with van der Waals surface area (Å²) < 4.78 is 27.7. The molecule has 0 aliphatic carbocycles. The van der Waals surface area contributed by atoms with Gasteiger partial charge in [0, 0.05) is 25.7 Å². The molecule has 6 heteroatoms. The molecule has 0 amide bonds. The molecule has 1 atom stereocenters. The number of hydrogen-bond donors (Lipinski definition) is 2. The quantitative estimate of drug-likeness (QED) is 0.597. The van der Waals surface area contributed by atoms with Gasteiger partial charge in [-0.15, -0.1) is 0 Å². The van der Waals surface area contributed by atoms with Crippen molar-refractivity contribution < 1.29 is 8.78 Å². The van der Waals surface area contributed by atoms with Crippen molar-refractivity contribution in [2.24, 2.45) is 4.99 Å². The molecule has 0 bridgehead atoms. The Morgan fingerprint density at radius 2 is 1.85 bits per heavy atom. The maximum absolute atomic E-state index is 13.9. The summed E-state index contributed by atoms with van der Waals surface area (Å²) in [4.78, 5) is 6.14. The molecule has 0 saturated heterocycles. The molecule has 2 rings (SSSR count). The Labute approximate surface area is 160 Å². The zero-order chi connectivity index (χ0) is 20.0. The average Bonchev–Trinajstić information content (AvgIpc) is 2.62. The number of nitrogens with zero attached hydrogens (tertiary/aromatic N) is 2. The Hall–Kier alpha value is -2.47. The van der Waals surface area contributed by atoms with Crippen LogP contribution in [0, 0.1) is 18.6 Å². The molecular formula is C21H28F2N4. The van der Waals surface area contributed by atoms with E-state index in [0.717, 1.165) is 11.1 Å². The van der Waals surface area contributed by atoms with Crippen molar-refractivity contribution in [3.63, 3.8) is 0 Å². The summed E-state index contributed by atoms with van der Waals surface area (Å²) in [7, 11) is 5.50. The SMILES string of the molecule is CN=C(NCc1ccc(F)c(CN(C)C)c1)NC(C)c1ccc(C)c(F)c1. The van der Waals surface area contributed by atoms with Crippen molar-refractivity contribution in [2.75, 3.05) is 21.1 Å². The Morgan fingerprint density at radius 1 is 1.11 bits per heavy atom. The number of guanidine groups is 1. The van der Waals surface area contributed by atoms with Crippen LogP contribution in [-0.4, -0.2) is 32.0 Å². The lowest BCUT2D eigenvalue weighted by molar-refractivity contribution is 0.392. The molecule has 0 aromatic heterocycles. The van der Waals surface area contributed by atoms with Gasteiger partial charge in [0.25, 0.3) is 0 Å². The van der Waals surface area contributed by atoms with Gasteiger partial charge in [0.1, 0.15) is 11.6 Å². The van der Waals surface area contributed by atoms with E-state index >= 15 is 0 Å². The summed E-state index contributed by atoms with van der Waals surface area (Å²) in [6.07, 6.45) is 0. The Balaban J connectivity index is 2.00. The summed E-state index contributed by atoms with van der Waals surface area (Å²) in [5, 5.41) is 6.47. The fraction of sp³-hybridized carbons (Fsp3) is 0.381. The lowest BCUT2D eigenvalue weighted by Crippen LogP contribution is -2.38. The second kappa shape index (κ2) is 9.46. The molecule has 146 valence electrons. The number of halogens is 2. The van der Waals surface area contributed by atoms with E-state index in [4.69, 9.17) is 0 Å². The molecule has 27 heavy (non-hydrogen) atoms. The van der Waals surface area contributed by atoms with Crippen molar-refractivity contribution >= 4 is 5.96 Å². The third kappa shape index (κ3) is 6.03. The molecule has 0 spiro atoms. The topological polar surface area (TPSA) is 39.7 Å². The van der Waals surface area contributed by atoms with Gasteiger partial charge in [0.15, 0.2) is 5.96 Å². The van der Waals surface area contributed by atoms with Crippen LogP contribution >= 0.6 is 0 Å². The largest absolute Gasteiger partial charge is 0.352 e. The van der Waals surface area contributed by atoms with E-state index in [2.05, 4.69) is 15.6 Å². The highest BCUT2D eigenvalue weighted by atomic mass is 19.1. The maximum atomic E-state index is 13.9. The summed E-state index contributed by atoms with van der Waals surface area (Å²) in [5.74, 6) is 0.177. The van der Waals surface area contributed by atoms with Crippen molar-refractivity contribution in [1.82, 2.24) is 15.5 Å². The van der Waals surface area contributed by atoms with Gasteiger partial charge in [0.05, 0.1) is 6.04 Å². The summed E-state index contributed by atoms with van der Waals surface area (Å²) in [6, 6.07) is 10.2. The van der Waals surface area contributed by atoms with Gasteiger partial charge in [-0.3, -0.25) is 4.99 Å². The molecule has 2 aromatic rings. The highest BCUT2D eigenvalue weighted by Crippen LogP contribution is 2.16. The average molecular weight is 374 g/mol. The number of aliphatic imine (C=N–C) groups is 1. The molecule has 0 heterocycles. The summed E-state index contributed by atoms with van der Waals surface area (Å²) >= 11 is 0. The molecule has 0 fully saturated rings. The first kappa shape index (κ1) is 20.8. The van der Waals surface area contributed by atoms with Gasteiger partial charge in [-0.1, -0.05) is 18.2 Å². The third-order valence-electron chi connectivity index (χ3n) is 4.33. The van der Waals surface area contributed by atoms with Crippen LogP contribution in [0.1, 0.15) is 35.2 Å². The zero-order valence-electron chi connectivity index (χ0n) is 16.6. The van der Waals surface area contributed by atoms with Crippen LogP contribution < -0.4 is 10.6 Å². The van der Waals surface area contributed by atoms with E-state index in [9.17, 15) is 8.78 Å². The van der Waals surface area contributed by atoms with Crippen LogP contribution in [0.4, 0.5) is 8.78 Å². The van der Waals surface area contributed by atoms with E-state index in [-0.39, 0.29) is 17.7 Å². The fourth-order valence-corrected chi connectivity index (χ4v) is 2.75. The van der Waals surface area contributed by atoms with Gasteiger partial charge in [-0.2, -0.15) is 0 Å². The minimum Gasteiger partial charge on any atom is -0.352 e. The fourth-order valence-electron chi connectivity index (χ4n) is 2.75. The highest BCUT2D eigenvalue weighted by Gasteiger charge is 2.10. The Bertz CT molecular complexity index is 803. The Morgan fingerprint density at radius 3 is 2.48 bits per heavy atom. The minimum atomic E-state index is -0.219. The second-order valence-electron chi connectivity index (χ2n) is 6.96. The van der Waals surface area contributed by atoms with Crippen molar-refractivity contribution in [3.8, 4) is 0 Å². The van der Waals surface area contributed by atoms with E-state index in [1.807, 2.05) is 38.1 Å². The number of aryl methyl sites for hydroxylation is 1. The van der Waals surface area contributed by atoms with Crippen LogP contribution in [0.25, 0.3) is 0 Å². The van der Waals surface area contributed by atoms with Crippen molar-refractivity contribution in [1.29, 1.82) is 0 Å². The van der Waals surface area contributed by atoms with E-state index in [1.54, 1.807) is 26.1 Å². The number of rotatable bonds is 6. The number of benzene rings is 2. The molecule has 0 aliphatic rings. The van der Waals surface area contributed by atoms with Gasteiger partial charge in [-0.05, 0) is 62.8 Å². The van der Waals surface area contributed by atoms with Gasteiger partial charge in [0.2, 0.25) is 0 Å². The second-order valence-corrected chi connectivity index (χ2v) is 6.96. The molecule has 2 N–H and O–H groups in total. The predicted octanol–water partition coefficient (Wildman–Crippen LogP) is 3.76. The lowest BCUT2D eigenvalue weighted by Gasteiger charge is -2.19. The first-order chi connectivity index (χ1) is 12.8. The normalized spacial score (nSPS) is 13.0. The predicted molar refractivity (Wildman–Crippen MR) is 107 cm³/mol. The molecule has 0 saturated carbocycles. The molecular weight excluding hydrogens is 346 g/mol. The van der Waals surface area contributed by atoms with Crippen LogP contribution in [0.2, 0.25) is 0 Å². The first-order valence-electron chi connectivity index (χ1n) is 8.95. The van der Waals surface area contributed by atoms with E-state index < -0.39 is 0 Å². The zero-order valence-corrected chi connectivity index (χ0v) is 16.6. The van der Waals surface area contributed by atoms with Crippen LogP contribution in [0.15, 0.2) is 41.4 Å².